The van der Waals surface area contributed by atoms with Gasteiger partial charge in [-0.1, -0.05) is 13.8 Å². The van der Waals surface area contributed by atoms with Gasteiger partial charge < -0.3 is 5.32 Å². The maximum Gasteiger partial charge on any atom is 0.0110 e. The second-order valence-corrected chi connectivity index (χ2v) is 5.78. The Bertz CT molecular complexity index is 201. The number of piperidine rings is 1. The molecule has 2 fully saturated rings. The van der Waals surface area contributed by atoms with Crippen LogP contribution in [0.1, 0.15) is 40.0 Å². The van der Waals surface area contributed by atoms with E-state index in [1.54, 1.807) is 0 Å². The van der Waals surface area contributed by atoms with Crippen molar-refractivity contribution in [3.05, 3.63) is 0 Å². The van der Waals surface area contributed by atoms with Crippen molar-refractivity contribution >= 4 is 0 Å². The van der Waals surface area contributed by atoms with Gasteiger partial charge in [0.05, 0.1) is 0 Å². The van der Waals surface area contributed by atoms with Crippen LogP contribution in [0.15, 0.2) is 0 Å². The topological polar surface area (TPSA) is 15.3 Å². The highest BCUT2D eigenvalue weighted by Gasteiger charge is 2.28. The van der Waals surface area contributed by atoms with Crippen molar-refractivity contribution in [3.63, 3.8) is 0 Å². The third kappa shape index (κ3) is 3.18. The van der Waals surface area contributed by atoms with E-state index in [2.05, 4.69) is 31.0 Å². The zero-order valence-electron chi connectivity index (χ0n) is 10.5. The molecule has 0 spiro atoms. The summed E-state index contributed by atoms with van der Waals surface area (Å²) in [6, 6.07) is 1.64. The monoisotopic (exact) mass is 210 g/mol. The Hall–Kier alpha value is -0.0800. The smallest absolute Gasteiger partial charge is 0.0110 e. The van der Waals surface area contributed by atoms with Crippen LogP contribution < -0.4 is 5.32 Å². The summed E-state index contributed by atoms with van der Waals surface area (Å²) < 4.78 is 0. The highest BCUT2D eigenvalue weighted by atomic mass is 15.2. The second-order valence-electron chi connectivity index (χ2n) is 5.78. The second kappa shape index (κ2) is 4.84. The number of likely N-dealkylation sites (tertiary alicyclic amines) is 1. The Labute approximate surface area is 94.4 Å². The highest BCUT2D eigenvalue weighted by molar-refractivity contribution is 4.84. The normalized spacial score (nSPS) is 38.2. The van der Waals surface area contributed by atoms with Crippen molar-refractivity contribution in [1.82, 2.24) is 10.2 Å². The molecule has 88 valence electrons. The lowest BCUT2D eigenvalue weighted by Gasteiger charge is -2.41. The molecule has 1 aliphatic heterocycles. The van der Waals surface area contributed by atoms with Gasteiger partial charge in [0, 0.05) is 31.7 Å². The van der Waals surface area contributed by atoms with Gasteiger partial charge in [0.2, 0.25) is 0 Å². The van der Waals surface area contributed by atoms with Gasteiger partial charge in [0.25, 0.3) is 0 Å². The predicted molar refractivity (Wildman–Crippen MR) is 65.0 cm³/mol. The molecule has 1 saturated carbocycles. The number of hydrogen-bond acceptors (Lipinski definition) is 2. The first-order chi connectivity index (χ1) is 7.16. The van der Waals surface area contributed by atoms with Crippen molar-refractivity contribution in [2.75, 3.05) is 19.6 Å². The SMILES string of the molecule is CC1CC(C)C(C)N(CCNC2CC2)C1. The summed E-state index contributed by atoms with van der Waals surface area (Å²) >= 11 is 0. The third-order valence-electron chi connectivity index (χ3n) is 4.13. The fourth-order valence-electron chi connectivity index (χ4n) is 2.83. The van der Waals surface area contributed by atoms with Gasteiger partial charge in [0.15, 0.2) is 0 Å². The van der Waals surface area contributed by atoms with Crippen LogP contribution in [0.3, 0.4) is 0 Å². The summed E-state index contributed by atoms with van der Waals surface area (Å²) in [5, 5.41) is 3.61. The van der Waals surface area contributed by atoms with Crippen LogP contribution in [0.4, 0.5) is 0 Å². The standard InChI is InChI=1S/C13H26N2/c1-10-8-11(2)12(3)15(9-10)7-6-14-13-4-5-13/h10-14H,4-9H2,1-3H3. The fraction of sp³-hybridized carbons (Fsp3) is 1.00. The average Bonchev–Trinajstić information content (AvgIpc) is 2.97. The minimum absolute atomic E-state index is 0.780. The first-order valence-electron chi connectivity index (χ1n) is 6.64. The third-order valence-corrected chi connectivity index (χ3v) is 4.13. The average molecular weight is 210 g/mol. The molecule has 1 N–H and O–H groups in total. The van der Waals surface area contributed by atoms with Gasteiger partial charge in [-0.15, -0.1) is 0 Å². The van der Waals surface area contributed by atoms with Crippen molar-refractivity contribution in [1.29, 1.82) is 0 Å². The molecule has 1 aliphatic carbocycles. The molecule has 2 aliphatic rings. The van der Waals surface area contributed by atoms with Crippen LogP contribution in [0, 0.1) is 11.8 Å². The van der Waals surface area contributed by atoms with E-state index < -0.39 is 0 Å². The molecule has 1 saturated heterocycles. The van der Waals surface area contributed by atoms with Gasteiger partial charge in [-0.3, -0.25) is 4.90 Å². The molecule has 3 unspecified atom stereocenters. The van der Waals surface area contributed by atoms with Gasteiger partial charge in [0.1, 0.15) is 0 Å². The largest absolute Gasteiger partial charge is 0.313 e. The number of nitrogens with zero attached hydrogens (tertiary/aromatic N) is 1. The van der Waals surface area contributed by atoms with Crippen LogP contribution in [-0.2, 0) is 0 Å². The van der Waals surface area contributed by atoms with E-state index >= 15 is 0 Å². The molecule has 0 bridgehead atoms. The molecule has 2 rings (SSSR count). The van der Waals surface area contributed by atoms with Gasteiger partial charge in [-0.2, -0.15) is 0 Å². The summed E-state index contributed by atoms with van der Waals surface area (Å²) in [6.07, 6.45) is 4.22. The first kappa shape index (κ1) is 11.4. The summed E-state index contributed by atoms with van der Waals surface area (Å²) in [6.45, 7) is 10.9. The lowest BCUT2D eigenvalue weighted by Crippen LogP contribution is -2.48. The van der Waals surface area contributed by atoms with E-state index in [1.165, 1.54) is 38.9 Å². The van der Waals surface area contributed by atoms with Crippen LogP contribution in [0.25, 0.3) is 0 Å². The van der Waals surface area contributed by atoms with Crippen molar-refractivity contribution in [2.45, 2.75) is 52.1 Å². The molecule has 2 nitrogen and oxygen atoms in total. The van der Waals surface area contributed by atoms with E-state index in [0.29, 0.717) is 0 Å². The molecule has 1 heterocycles. The van der Waals surface area contributed by atoms with Crippen LogP contribution in [0.2, 0.25) is 0 Å². The van der Waals surface area contributed by atoms with Crippen molar-refractivity contribution in [3.8, 4) is 0 Å². The summed E-state index contributed by atoms with van der Waals surface area (Å²) in [7, 11) is 0. The molecule has 0 aromatic heterocycles. The van der Waals surface area contributed by atoms with Crippen molar-refractivity contribution < 1.29 is 0 Å². The molecular formula is C13H26N2. The molecule has 15 heavy (non-hydrogen) atoms. The summed E-state index contributed by atoms with van der Waals surface area (Å²) in [5.74, 6) is 1.76. The summed E-state index contributed by atoms with van der Waals surface area (Å²) in [4.78, 5) is 2.67. The van der Waals surface area contributed by atoms with Gasteiger partial charge in [-0.25, -0.2) is 0 Å². The molecule has 0 aromatic carbocycles. The molecule has 0 radical (unpaired) electrons. The van der Waals surface area contributed by atoms with E-state index in [1.807, 2.05) is 0 Å². The molecule has 0 aromatic rings. The van der Waals surface area contributed by atoms with Crippen molar-refractivity contribution in [2.24, 2.45) is 11.8 Å². The Morgan fingerprint density at radius 3 is 2.60 bits per heavy atom. The van der Waals surface area contributed by atoms with E-state index in [0.717, 1.165) is 23.9 Å². The molecular weight excluding hydrogens is 184 g/mol. The fourth-order valence-corrected chi connectivity index (χ4v) is 2.83. The Kier molecular flexibility index (Phi) is 3.68. The Morgan fingerprint density at radius 1 is 1.20 bits per heavy atom. The number of rotatable bonds is 4. The minimum atomic E-state index is 0.780. The quantitative estimate of drug-likeness (QED) is 0.764. The van der Waals surface area contributed by atoms with Crippen LogP contribution in [0.5, 0.6) is 0 Å². The maximum atomic E-state index is 3.61. The Balaban J connectivity index is 1.72. The number of nitrogens with one attached hydrogen (secondary N) is 1. The zero-order chi connectivity index (χ0) is 10.8. The molecule has 3 atom stereocenters. The summed E-state index contributed by atoms with van der Waals surface area (Å²) in [5.41, 5.74) is 0. The van der Waals surface area contributed by atoms with E-state index in [9.17, 15) is 0 Å². The van der Waals surface area contributed by atoms with Crippen LogP contribution in [-0.4, -0.2) is 36.6 Å². The Morgan fingerprint density at radius 2 is 1.93 bits per heavy atom. The minimum Gasteiger partial charge on any atom is -0.313 e. The molecule has 2 heteroatoms. The first-order valence-corrected chi connectivity index (χ1v) is 6.64. The van der Waals surface area contributed by atoms with Gasteiger partial charge >= 0.3 is 0 Å². The zero-order valence-corrected chi connectivity index (χ0v) is 10.5. The van der Waals surface area contributed by atoms with Crippen LogP contribution >= 0.6 is 0 Å². The maximum absolute atomic E-state index is 3.61. The lowest BCUT2D eigenvalue weighted by atomic mass is 9.86. The molecule has 0 amide bonds. The highest BCUT2D eigenvalue weighted by Crippen LogP contribution is 2.26. The number of hydrogen-bond donors (Lipinski definition) is 1. The predicted octanol–water partition coefficient (Wildman–Crippen LogP) is 2.10. The van der Waals surface area contributed by atoms with E-state index in [4.69, 9.17) is 0 Å². The van der Waals surface area contributed by atoms with E-state index in [-0.39, 0.29) is 0 Å². The van der Waals surface area contributed by atoms with Gasteiger partial charge in [-0.05, 0) is 38.0 Å². The lowest BCUT2D eigenvalue weighted by molar-refractivity contribution is 0.0807.